The van der Waals surface area contributed by atoms with Crippen LogP contribution in [0.3, 0.4) is 0 Å². The van der Waals surface area contributed by atoms with Gasteiger partial charge in [-0.15, -0.1) is 0 Å². The lowest BCUT2D eigenvalue weighted by atomic mass is 9.95. The van der Waals surface area contributed by atoms with E-state index in [1.165, 1.54) is 6.07 Å². The summed E-state index contributed by atoms with van der Waals surface area (Å²) in [6, 6.07) is 7.06. The number of aliphatic imine (C=N–C) groups is 1. The largest absolute Gasteiger partial charge is 0.377 e. The van der Waals surface area contributed by atoms with E-state index in [2.05, 4.69) is 15.6 Å². The van der Waals surface area contributed by atoms with Gasteiger partial charge in [0.2, 0.25) is 0 Å². The van der Waals surface area contributed by atoms with Crippen molar-refractivity contribution in [1.82, 2.24) is 10.6 Å². The van der Waals surface area contributed by atoms with Crippen molar-refractivity contribution in [3.05, 3.63) is 35.6 Å². The van der Waals surface area contributed by atoms with Gasteiger partial charge in [-0.1, -0.05) is 18.2 Å². The molecule has 144 valence electrons. The van der Waals surface area contributed by atoms with Crippen molar-refractivity contribution in [2.75, 3.05) is 39.5 Å². The van der Waals surface area contributed by atoms with E-state index in [4.69, 9.17) is 9.47 Å². The molecule has 0 spiro atoms. The summed E-state index contributed by atoms with van der Waals surface area (Å²) < 4.78 is 25.3. The van der Waals surface area contributed by atoms with Crippen LogP contribution < -0.4 is 10.6 Å². The summed E-state index contributed by atoms with van der Waals surface area (Å²) in [5.74, 6) is 0.636. The van der Waals surface area contributed by atoms with Crippen LogP contribution in [0.1, 0.15) is 38.2 Å². The molecule has 0 amide bonds. The molecule has 1 aliphatic carbocycles. The lowest BCUT2D eigenvalue weighted by molar-refractivity contribution is 0.0191. The van der Waals surface area contributed by atoms with E-state index in [1.54, 1.807) is 6.07 Å². The Kier molecular flexibility index (Phi) is 6.86. The van der Waals surface area contributed by atoms with Gasteiger partial charge in [0.15, 0.2) is 5.96 Å². The van der Waals surface area contributed by atoms with E-state index in [0.29, 0.717) is 26.3 Å². The molecule has 1 saturated heterocycles. The van der Waals surface area contributed by atoms with Crippen molar-refractivity contribution < 1.29 is 13.9 Å². The number of nitrogens with zero attached hydrogens (tertiary/aromatic N) is 1. The highest BCUT2D eigenvalue weighted by Gasteiger charge is 2.45. The molecule has 2 fully saturated rings. The quantitative estimate of drug-likeness (QED) is 0.402. The summed E-state index contributed by atoms with van der Waals surface area (Å²) in [5.41, 5.74) is 0.656. The SMILES string of the molecule is CCNC(=NCC1(c2ccccc2F)CC1)NCCOCC1CCCO1. The fraction of sp³-hybridized carbons (Fsp3) is 0.650. The number of halogens is 1. The molecule has 5 nitrogen and oxygen atoms in total. The topological polar surface area (TPSA) is 54.9 Å². The maximum atomic E-state index is 14.1. The van der Waals surface area contributed by atoms with E-state index in [0.717, 1.165) is 50.4 Å². The van der Waals surface area contributed by atoms with Crippen LogP contribution in [0, 0.1) is 5.82 Å². The van der Waals surface area contributed by atoms with Crippen molar-refractivity contribution in [2.24, 2.45) is 4.99 Å². The average Bonchev–Trinajstić information content (AvgIpc) is 3.25. The van der Waals surface area contributed by atoms with Crippen molar-refractivity contribution in [3.63, 3.8) is 0 Å². The average molecular weight is 363 g/mol. The smallest absolute Gasteiger partial charge is 0.191 e. The molecule has 3 rings (SSSR count). The van der Waals surface area contributed by atoms with E-state index < -0.39 is 0 Å². The Morgan fingerprint density at radius 2 is 2.19 bits per heavy atom. The summed E-state index contributed by atoms with van der Waals surface area (Å²) >= 11 is 0. The van der Waals surface area contributed by atoms with Gasteiger partial charge < -0.3 is 20.1 Å². The Balaban J connectivity index is 1.45. The van der Waals surface area contributed by atoms with E-state index in [-0.39, 0.29) is 17.3 Å². The van der Waals surface area contributed by atoms with Crippen molar-refractivity contribution >= 4 is 5.96 Å². The highest BCUT2D eigenvalue weighted by molar-refractivity contribution is 5.79. The number of benzene rings is 1. The number of ether oxygens (including phenoxy) is 2. The number of hydrogen-bond acceptors (Lipinski definition) is 3. The molecule has 2 N–H and O–H groups in total. The van der Waals surface area contributed by atoms with Crippen LogP contribution in [0.4, 0.5) is 4.39 Å². The summed E-state index contributed by atoms with van der Waals surface area (Å²) in [7, 11) is 0. The molecule has 0 radical (unpaired) electrons. The normalized spacial score (nSPS) is 21.6. The molecule has 1 atom stereocenters. The van der Waals surface area contributed by atoms with Gasteiger partial charge in [0.25, 0.3) is 0 Å². The van der Waals surface area contributed by atoms with Crippen molar-refractivity contribution in [2.45, 2.75) is 44.1 Å². The van der Waals surface area contributed by atoms with Crippen LogP contribution in [0.5, 0.6) is 0 Å². The van der Waals surface area contributed by atoms with E-state index in [1.807, 2.05) is 19.1 Å². The zero-order valence-electron chi connectivity index (χ0n) is 15.6. The van der Waals surface area contributed by atoms with E-state index in [9.17, 15) is 4.39 Å². The fourth-order valence-electron chi connectivity index (χ4n) is 3.36. The maximum Gasteiger partial charge on any atom is 0.191 e. The first-order chi connectivity index (χ1) is 12.7. The predicted molar refractivity (Wildman–Crippen MR) is 101 cm³/mol. The van der Waals surface area contributed by atoms with Crippen LogP contribution in [-0.2, 0) is 14.9 Å². The second-order valence-corrected chi connectivity index (χ2v) is 7.09. The third kappa shape index (κ3) is 5.17. The zero-order valence-corrected chi connectivity index (χ0v) is 15.6. The number of nitrogens with one attached hydrogen (secondary N) is 2. The van der Waals surface area contributed by atoms with Gasteiger partial charge in [0, 0.05) is 25.1 Å². The first kappa shape index (κ1) is 19.1. The molecule has 0 aromatic heterocycles. The zero-order chi connectivity index (χ0) is 18.2. The lowest BCUT2D eigenvalue weighted by Crippen LogP contribution is -2.39. The molecule has 6 heteroatoms. The molecule has 26 heavy (non-hydrogen) atoms. The fourth-order valence-corrected chi connectivity index (χ4v) is 3.36. The molecule has 1 aromatic carbocycles. The first-order valence-corrected chi connectivity index (χ1v) is 9.70. The highest BCUT2D eigenvalue weighted by Crippen LogP contribution is 2.49. The monoisotopic (exact) mass is 363 g/mol. The van der Waals surface area contributed by atoms with Gasteiger partial charge in [-0.2, -0.15) is 0 Å². The second-order valence-electron chi connectivity index (χ2n) is 7.09. The molecule has 1 unspecified atom stereocenters. The number of hydrogen-bond donors (Lipinski definition) is 2. The standard InChI is InChI=1S/C20H30FN3O2/c1-2-22-19(23-11-13-25-14-16-6-5-12-26-16)24-15-20(9-10-20)17-7-3-4-8-18(17)21/h3-4,7-8,16H,2,5-6,9-15H2,1H3,(H2,22,23,24). The highest BCUT2D eigenvalue weighted by atomic mass is 19.1. The minimum absolute atomic E-state index is 0.124. The molecule has 1 aliphatic heterocycles. The molecule has 1 heterocycles. The number of guanidine groups is 1. The Labute approximate surface area is 155 Å². The maximum absolute atomic E-state index is 14.1. The van der Waals surface area contributed by atoms with Crippen molar-refractivity contribution in [3.8, 4) is 0 Å². The van der Waals surface area contributed by atoms with Crippen LogP contribution in [-0.4, -0.2) is 51.5 Å². The summed E-state index contributed by atoms with van der Waals surface area (Å²) in [5, 5.41) is 6.54. The molecule has 0 bridgehead atoms. The van der Waals surface area contributed by atoms with Crippen LogP contribution in [0.25, 0.3) is 0 Å². The van der Waals surface area contributed by atoms with Crippen molar-refractivity contribution in [1.29, 1.82) is 0 Å². The minimum Gasteiger partial charge on any atom is -0.377 e. The predicted octanol–water partition coefficient (Wildman–Crippen LogP) is 2.61. The Hall–Kier alpha value is -1.66. The number of rotatable bonds is 9. The molecule has 1 aromatic rings. The Morgan fingerprint density at radius 1 is 1.35 bits per heavy atom. The van der Waals surface area contributed by atoms with Gasteiger partial charge in [0.1, 0.15) is 5.82 Å². The molecular weight excluding hydrogens is 333 g/mol. The van der Waals surface area contributed by atoms with Crippen LogP contribution in [0.15, 0.2) is 29.3 Å². The first-order valence-electron chi connectivity index (χ1n) is 9.70. The van der Waals surface area contributed by atoms with Gasteiger partial charge >= 0.3 is 0 Å². The summed E-state index contributed by atoms with van der Waals surface area (Å²) in [6.07, 6.45) is 4.46. The lowest BCUT2D eigenvalue weighted by Gasteiger charge is -2.17. The molecule has 2 aliphatic rings. The third-order valence-electron chi connectivity index (χ3n) is 5.05. The summed E-state index contributed by atoms with van der Waals surface area (Å²) in [6.45, 7) is 6.23. The Morgan fingerprint density at radius 3 is 2.88 bits per heavy atom. The van der Waals surface area contributed by atoms with Crippen LogP contribution in [0.2, 0.25) is 0 Å². The third-order valence-corrected chi connectivity index (χ3v) is 5.05. The molecule has 1 saturated carbocycles. The van der Waals surface area contributed by atoms with Crippen LogP contribution >= 0.6 is 0 Å². The van der Waals surface area contributed by atoms with Gasteiger partial charge in [-0.05, 0) is 44.2 Å². The van der Waals surface area contributed by atoms with Gasteiger partial charge in [-0.3, -0.25) is 4.99 Å². The van der Waals surface area contributed by atoms with Gasteiger partial charge in [-0.25, -0.2) is 4.39 Å². The molecular formula is C20H30FN3O2. The second kappa shape index (κ2) is 9.33. The van der Waals surface area contributed by atoms with E-state index >= 15 is 0 Å². The summed E-state index contributed by atoms with van der Waals surface area (Å²) in [4.78, 5) is 4.69. The van der Waals surface area contributed by atoms with Gasteiger partial charge in [0.05, 0.1) is 25.9 Å². The Bertz CT molecular complexity index is 598. The minimum atomic E-state index is -0.135.